The number of nitrogens with one attached hydrogen (secondary N) is 3. The standard InChI is InChI=1S/C24H30N8O3/c33-22(30-35)18-12-27-24(28-13-18)31-9-6-16(7-10-31)11-26-23(34)20-5-1-3-17-15-32(29-21(17)20)19-4-2-8-25-14-19/h1,3,5,12-13,15-16,19,25,35H,2,4,6-11,14H2,(H,26,34)(H,30,33). The van der Waals surface area contributed by atoms with Gasteiger partial charge in [0.15, 0.2) is 0 Å². The van der Waals surface area contributed by atoms with Crippen LogP contribution in [0.4, 0.5) is 5.95 Å². The van der Waals surface area contributed by atoms with Crippen LogP contribution in [0.25, 0.3) is 10.9 Å². The van der Waals surface area contributed by atoms with Crippen molar-refractivity contribution >= 4 is 28.7 Å². The molecule has 184 valence electrons. The van der Waals surface area contributed by atoms with Crippen LogP contribution < -0.4 is 21.0 Å². The van der Waals surface area contributed by atoms with Crippen LogP contribution in [-0.2, 0) is 0 Å². The molecule has 2 saturated heterocycles. The number of nitrogens with zero attached hydrogens (tertiary/aromatic N) is 5. The summed E-state index contributed by atoms with van der Waals surface area (Å²) < 4.78 is 2.01. The third kappa shape index (κ3) is 5.10. The maximum absolute atomic E-state index is 13.0. The van der Waals surface area contributed by atoms with Gasteiger partial charge in [0.2, 0.25) is 5.95 Å². The number of rotatable bonds is 6. The molecule has 35 heavy (non-hydrogen) atoms. The predicted octanol–water partition coefficient (Wildman–Crippen LogP) is 1.52. The predicted molar refractivity (Wildman–Crippen MR) is 129 cm³/mol. The van der Waals surface area contributed by atoms with Gasteiger partial charge in [-0.3, -0.25) is 19.5 Å². The molecule has 2 amide bonds. The van der Waals surface area contributed by atoms with Gasteiger partial charge in [-0.05, 0) is 44.2 Å². The van der Waals surface area contributed by atoms with Crippen molar-refractivity contribution in [1.29, 1.82) is 0 Å². The van der Waals surface area contributed by atoms with Gasteiger partial charge in [-0.15, -0.1) is 0 Å². The van der Waals surface area contributed by atoms with E-state index in [1.165, 1.54) is 12.4 Å². The minimum Gasteiger partial charge on any atom is -0.352 e. The molecule has 2 aliphatic heterocycles. The molecule has 4 N–H and O–H groups in total. The molecule has 4 heterocycles. The Hall–Kier alpha value is -3.57. The minimum absolute atomic E-state index is 0.0915. The van der Waals surface area contributed by atoms with Crippen molar-refractivity contribution < 1.29 is 14.8 Å². The van der Waals surface area contributed by atoms with E-state index in [9.17, 15) is 9.59 Å². The van der Waals surface area contributed by atoms with Gasteiger partial charge in [-0.2, -0.15) is 5.10 Å². The smallest absolute Gasteiger partial charge is 0.277 e. The van der Waals surface area contributed by atoms with Crippen molar-refractivity contribution in [3.8, 4) is 0 Å². The quantitative estimate of drug-likeness (QED) is 0.309. The Morgan fingerprint density at radius 3 is 2.63 bits per heavy atom. The Bertz CT molecular complexity index is 1180. The first-order valence-corrected chi connectivity index (χ1v) is 12.1. The van der Waals surface area contributed by atoms with Crippen LogP contribution in [0.3, 0.4) is 0 Å². The Labute approximate surface area is 202 Å². The van der Waals surface area contributed by atoms with Gasteiger partial charge >= 0.3 is 0 Å². The number of benzene rings is 1. The molecule has 2 aliphatic rings. The van der Waals surface area contributed by atoms with E-state index in [-0.39, 0.29) is 11.5 Å². The number of aromatic nitrogens is 4. The average Bonchev–Trinajstić information content (AvgIpc) is 3.37. The van der Waals surface area contributed by atoms with E-state index >= 15 is 0 Å². The van der Waals surface area contributed by atoms with Crippen LogP contribution >= 0.6 is 0 Å². The van der Waals surface area contributed by atoms with Crippen molar-refractivity contribution in [2.45, 2.75) is 31.7 Å². The number of carbonyl (C=O) groups is 2. The van der Waals surface area contributed by atoms with Gasteiger partial charge in [0.1, 0.15) is 5.52 Å². The van der Waals surface area contributed by atoms with Crippen molar-refractivity contribution in [3.05, 3.63) is 47.9 Å². The zero-order chi connectivity index (χ0) is 24.2. The monoisotopic (exact) mass is 478 g/mol. The first kappa shape index (κ1) is 23.2. The van der Waals surface area contributed by atoms with Crippen LogP contribution in [0.15, 0.2) is 36.8 Å². The molecule has 0 bridgehead atoms. The number of anilines is 1. The van der Waals surface area contributed by atoms with Gasteiger partial charge in [0.25, 0.3) is 11.8 Å². The van der Waals surface area contributed by atoms with Crippen LogP contribution in [0.5, 0.6) is 0 Å². The van der Waals surface area contributed by atoms with E-state index in [0.717, 1.165) is 62.8 Å². The summed E-state index contributed by atoms with van der Waals surface area (Å²) in [4.78, 5) is 35.0. The van der Waals surface area contributed by atoms with E-state index in [1.807, 2.05) is 29.1 Å². The fraction of sp³-hybridized carbons (Fsp3) is 0.458. The van der Waals surface area contributed by atoms with Crippen LogP contribution in [-0.4, -0.2) is 69.5 Å². The molecule has 5 rings (SSSR count). The Kier molecular flexibility index (Phi) is 6.87. The Morgan fingerprint density at radius 2 is 1.91 bits per heavy atom. The highest BCUT2D eigenvalue weighted by Gasteiger charge is 2.23. The lowest BCUT2D eigenvalue weighted by Crippen LogP contribution is -2.39. The second-order valence-corrected chi connectivity index (χ2v) is 9.21. The molecule has 0 aliphatic carbocycles. The second kappa shape index (κ2) is 10.4. The van der Waals surface area contributed by atoms with Gasteiger partial charge < -0.3 is 15.5 Å². The van der Waals surface area contributed by atoms with Crippen LogP contribution in [0, 0.1) is 5.92 Å². The molecule has 0 saturated carbocycles. The number of piperidine rings is 2. The molecular formula is C24H30N8O3. The summed E-state index contributed by atoms with van der Waals surface area (Å²) in [5.74, 6) is 0.183. The normalized spacial score (nSPS) is 19.0. The van der Waals surface area contributed by atoms with Crippen molar-refractivity contribution in [3.63, 3.8) is 0 Å². The number of hydrogen-bond acceptors (Lipinski definition) is 8. The zero-order valence-electron chi connectivity index (χ0n) is 19.5. The van der Waals surface area contributed by atoms with Gasteiger partial charge in [0.05, 0.1) is 17.2 Å². The molecule has 0 spiro atoms. The maximum atomic E-state index is 13.0. The summed E-state index contributed by atoms with van der Waals surface area (Å²) >= 11 is 0. The fourth-order valence-electron chi connectivity index (χ4n) is 4.83. The van der Waals surface area contributed by atoms with Crippen molar-refractivity contribution in [1.82, 2.24) is 35.9 Å². The lowest BCUT2D eigenvalue weighted by molar-refractivity contribution is 0.0705. The number of fused-ring (bicyclic) bond motifs is 1. The topological polar surface area (TPSA) is 137 Å². The molecule has 1 aromatic carbocycles. The van der Waals surface area contributed by atoms with Crippen molar-refractivity contribution in [2.24, 2.45) is 5.92 Å². The SMILES string of the molecule is O=C(NO)c1cnc(N2CCC(CNC(=O)c3cccc4cn(C5CCCNC5)nc34)CC2)nc1. The highest BCUT2D eigenvalue weighted by Crippen LogP contribution is 2.23. The fourth-order valence-corrected chi connectivity index (χ4v) is 4.83. The molecule has 11 heteroatoms. The Morgan fingerprint density at radius 1 is 1.11 bits per heavy atom. The molecule has 2 aromatic heterocycles. The third-order valence-corrected chi connectivity index (χ3v) is 6.89. The molecule has 1 atom stereocenters. The largest absolute Gasteiger partial charge is 0.352 e. The highest BCUT2D eigenvalue weighted by atomic mass is 16.5. The summed E-state index contributed by atoms with van der Waals surface area (Å²) in [5, 5.41) is 21.0. The number of hydroxylamine groups is 1. The molecule has 0 radical (unpaired) electrons. The van der Waals surface area contributed by atoms with Gasteiger partial charge in [0, 0.05) is 50.2 Å². The van der Waals surface area contributed by atoms with E-state index < -0.39 is 5.91 Å². The first-order valence-electron chi connectivity index (χ1n) is 12.1. The van der Waals surface area contributed by atoms with Gasteiger partial charge in [-0.1, -0.05) is 12.1 Å². The second-order valence-electron chi connectivity index (χ2n) is 9.21. The summed E-state index contributed by atoms with van der Waals surface area (Å²) in [6, 6.07) is 6.08. The highest BCUT2D eigenvalue weighted by molar-refractivity contribution is 6.05. The number of amides is 2. The third-order valence-electron chi connectivity index (χ3n) is 6.89. The van der Waals surface area contributed by atoms with Crippen molar-refractivity contribution in [2.75, 3.05) is 37.6 Å². The average molecular weight is 479 g/mol. The van der Waals surface area contributed by atoms with Gasteiger partial charge in [-0.25, -0.2) is 15.4 Å². The summed E-state index contributed by atoms with van der Waals surface area (Å²) in [6.07, 6.45) is 8.86. The maximum Gasteiger partial charge on any atom is 0.277 e. The minimum atomic E-state index is -0.639. The Balaban J connectivity index is 1.16. The molecule has 2 fully saturated rings. The molecule has 11 nitrogen and oxygen atoms in total. The van der Waals surface area contributed by atoms with Crippen LogP contribution in [0.2, 0.25) is 0 Å². The summed E-state index contributed by atoms with van der Waals surface area (Å²) in [6.45, 7) is 4.09. The summed E-state index contributed by atoms with van der Waals surface area (Å²) in [5.41, 5.74) is 3.13. The molecule has 1 unspecified atom stereocenters. The van der Waals surface area contributed by atoms with E-state index in [1.54, 1.807) is 5.48 Å². The zero-order valence-corrected chi connectivity index (χ0v) is 19.5. The van der Waals surface area contributed by atoms with E-state index in [0.29, 0.717) is 30.0 Å². The molecule has 3 aromatic rings. The molecular weight excluding hydrogens is 448 g/mol. The van der Waals surface area contributed by atoms with E-state index in [4.69, 9.17) is 10.3 Å². The first-order chi connectivity index (χ1) is 17.1. The van der Waals surface area contributed by atoms with Crippen LogP contribution in [0.1, 0.15) is 52.4 Å². The summed E-state index contributed by atoms with van der Waals surface area (Å²) in [7, 11) is 0. The lowest BCUT2D eigenvalue weighted by Gasteiger charge is -2.32. The lowest BCUT2D eigenvalue weighted by atomic mass is 9.97. The number of hydrogen-bond donors (Lipinski definition) is 4. The number of carbonyl (C=O) groups excluding carboxylic acids is 2. The van der Waals surface area contributed by atoms with E-state index in [2.05, 4.69) is 25.5 Å².